The Labute approximate surface area is 140 Å². The first-order chi connectivity index (χ1) is 10.3. The Morgan fingerprint density at radius 3 is 2.59 bits per heavy atom. The Bertz CT molecular complexity index is 538. The third-order valence-electron chi connectivity index (χ3n) is 3.23. The van der Waals surface area contributed by atoms with Gasteiger partial charge in [-0.2, -0.15) is 0 Å². The van der Waals surface area contributed by atoms with Crippen molar-refractivity contribution in [3.63, 3.8) is 0 Å². The van der Waals surface area contributed by atoms with Gasteiger partial charge >= 0.3 is 5.97 Å². The number of carbonyl (C=O) groups excluding carboxylic acids is 2. The number of methoxy groups -OCH3 is 1. The quantitative estimate of drug-likeness (QED) is 0.707. The highest BCUT2D eigenvalue weighted by molar-refractivity contribution is 6.42. The van der Waals surface area contributed by atoms with Crippen molar-refractivity contribution in [1.29, 1.82) is 0 Å². The molecule has 0 amide bonds. The van der Waals surface area contributed by atoms with E-state index in [2.05, 4.69) is 10.1 Å². The van der Waals surface area contributed by atoms with Crippen LogP contribution in [0.15, 0.2) is 18.2 Å². The van der Waals surface area contributed by atoms with Crippen LogP contribution in [0.2, 0.25) is 10.0 Å². The summed E-state index contributed by atoms with van der Waals surface area (Å²) in [5, 5.41) is 3.95. The first-order valence-corrected chi connectivity index (χ1v) is 7.68. The lowest BCUT2D eigenvalue weighted by Gasteiger charge is -2.15. The van der Waals surface area contributed by atoms with Crippen LogP contribution in [0.5, 0.6) is 0 Å². The predicted octanol–water partition coefficient (Wildman–Crippen LogP) is 3.03. The van der Waals surface area contributed by atoms with Gasteiger partial charge in [-0.05, 0) is 38.0 Å². The molecule has 0 aliphatic carbocycles. The largest absolute Gasteiger partial charge is 0.468 e. The molecule has 22 heavy (non-hydrogen) atoms. The van der Waals surface area contributed by atoms with Crippen molar-refractivity contribution in [2.45, 2.75) is 38.3 Å². The Morgan fingerprint density at radius 1 is 1.32 bits per heavy atom. The van der Waals surface area contributed by atoms with E-state index in [4.69, 9.17) is 28.9 Å². The van der Waals surface area contributed by atoms with E-state index in [1.807, 2.05) is 0 Å². The minimum atomic E-state index is -0.684. The van der Waals surface area contributed by atoms with Gasteiger partial charge in [-0.3, -0.25) is 9.59 Å². The third-order valence-corrected chi connectivity index (χ3v) is 3.97. The summed E-state index contributed by atoms with van der Waals surface area (Å²) in [6.07, 6.45) is 1.28. The van der Waals surface area contributed by atoms with Crippen LogP contribution in [-0.4, -0.2) is 30.9 Å². The zero-order valence-corrected chi connectivity index (χ0v) is 14.1. The first-order valence-electron chi connectivity index (χ1n) is 6.93. The Balaban J connectivity index is 2.42. The number of esters is 1. The number of ether oxygens (including phenoxy) is 1. The SMILES string of the molecule is COC(=O)[C@@H](N)CCCC(=O)[C@H](C)Nc1ccc(Cl)c(Cl)c1. The van der Waals surface area contributed by atoms with E-state index in [1.165, 1.54) is 7.11 Å². The van der Waals surface area contributed by atoms with Gasteiger partial charge in [0.05, 0.1) is 23.2 Å². The summed E-state index contributed by atoms with van der Waals surface area (Å²) >= 11 is 11.8. The lowest BCUT2D eigenvalue weighted by atomic mass is 10.0. The maximum atomic E-state index is 12.0. The summed E-state index contributed by atoms with van der Waals surface area (Å²) in [5.74, 6) is -0.433. The number of halogens is 2. The van der Waals surface area contributed by atoms with E-state index in [1.54, 1.807) is 25.1 Å². The second-order valence-electron chi connectivity index (χ2n) is 4.98. The molecule has 0 aliphatic heterocycles. The van der Waals surface area contributed by atoms with Gasteiger partial charge in [-0.15, -0.1) is 0 Å². The summed E-state index contributed by atoms with van der Waals surface area (Å²) in [6, 6.07) is 4.04. The molecule has 0 fully saturated rings. The fourth-order valence-electron chi connectivity index (χ4n) is 1.90. The Kier molecular flexibility index (Phi) is 7.65. The fraction of sp³-hybridized carbons (Fsp3) is 0.467. The van der Waals surface area contributed by atoms with Gasteiger partial charge < -0.3 is 15.8 Å². The summed E-state index contributed by atoms with van der Waals surface area (Å²) in [4.78, 5) is 23.2. The standard InChI is InChI=1S/C15H20Cl2N2O3/c1-9(19-10-6-7-11(16)12(17)8-10)14(20)5-3-4-13(18)15(21)22-2/h6-9,13,19H,3-5,18H2,1-2H3/t9-,13-/m0/s1. The average Bonchev–Trinajstić information content (AvgIpc) is 2.49. The summed E-state index contributed by atoms with van der Waals surface area (Å²) in [5.41, 5.74) is 6.34. The topological polar surface area (TPSA) is 81.4 Å². The second-order valence-corrected chi connectivity index (χ2v) is 5.80. The molecule has 1 aromatic carbocycles. The van der Waals surface area contributed by atoms with Gasteiger partial charge in [0.2, 0.25) is 0 Å². The van der Waals surface area contributed by atoms with Gasteiger partial charge in [0.25, 0.3) is 0 Å². The van der Waals surface area contributed by atoms with Gasteiger partial charge in [0, 0.05) is 12.1 Å². The van der Waals surface area contributed by atoms with Crippen molar-refractivity contribution in [2.24, 2.45) is 5.73 Å². The second kappa shape index (κ2) is 8.98. The van der Waals surface area contributed by atoms with E-state index in [-0.39, 0.29) is 11.8 Å². The normalized spacial score (nSPS) is 13.3. The van der Waals surface area contributed by atoms with Crippen LogP contribution < -0.4 is 11.1 Å². The van der Waals surface area contributed by atoms with Crippen molar-refractivity contribution in [1.82, 2.24) is 0 Å². The van der Waals surface area contributed by atoms with Gasteiger partial charge in [-0.1, -0.05) is 23.2 Å². The summed E-state index contributed by atoms with van der Waals surface area (Å²) in [6.45, 7) is 1.77. The maximum absolute atomic E-state index is 12.0. The van der Waals surface area contributed by atoms with E-state index in [9.17, 15) is 9.59 Å². The van der Waals surface area contributed by atoms with Crippen molar-refractivity contribution in [2.75, 3.05) is 12.4 Å². The number of nitrogens with one attached hydrogen (secondary N) is 1. The molecule has 1 rings (SSSR count). The van der Waals surface area contributed by atoms with Crippen LogP contribution in [0.25, 0.3) is 0 Å². The minimum Gasteiger partial charge on any atom is -0.468 e. The summed E-state index contributed by atoms with van der Waals surface area (Å²) < 4.78 is 4.53. The molecule has 2 atom stereocenters. The Morgan fingerprint density at radius 2 is 2.00 bits per heavy atom. The number of Topliss-reactive ketones (excluding diaryl/α,β-unsaturated/α-hetero) is 1. The number of rotatable bonds is 8. The first kappa shape index (κ1) is 18.7. The maximum Gasteiger partial charge on any atom is 0.322 e. The monoisotopic (exact) mass is 346 g/mol. The van der Waals surface area contributed by atoms with E-state index < -0.39 is 12.0 Å². The van der Waals surface area contributed by atoms with Crippen molar-refractivity contribution in [3.8, 4) is 0 Å². The van der Waals surface area contributed by atoms with Gasteiger partial charge in [-0.25, -0.2) is 0 Å². The summed E-state index contributed by atoms with van der Waals surface area (Å²) in [7, 11) is 1.29. The van der Waals surface area contributed by atoms with Crippen molar-refractivity contribution >= 4 is 40.6 Å². The molecule has 0 aliphatic rings. The molecule has 5 nitrogen and oxygen atoms in total. The lowest BCUT2D eigenvalue weighted by molar-refractivity contribution is -0.142. The predicted molar refractivity (Wildman–Crippen MR) is 88.4 cm³/mol. The molecular weight excluding hydrogens is 327 g/mol. The zero-order valence-electron chi connectivity index (χ0n) is 12.6. The molecule has 7 heteroatoms. The number of hydrogen-bond acceptors (Lipinski definition) is 5. The molecule has 0 aromatic heterocycles. The van der Waals surface area contributed by atoms with Crippen molar-refractivity contribution < 1.29 is 14.3 Å². The number of ketones is 1. The number of benzene rings is 1. The molecule has 1 aromatic rings. The molecule has 0 spiro atoms. The molecule has 0 saturated carbocycles. The molecular formula is C15H20Cl2N2O3. The van der Waals surface area contributed by atoms with Crippen LogP contribution in [0.3, 0.4) is 0 Å². The molecule has 3 N–H and O–H groups in total. The molecule has 0 saturated heterocycles. The Hall–Kier alpha value is -1.30. The molecule has 122 valence electrons. The smallest absolute Gasteiger partial charge is 0.322 e. The lowest BCUT2D eigenvalue weighted by Crippen LogP contribution is -2.32. The molecule has 0 radical (unpaired) electrons. The van der Waals surface area contributed by atoms with E-state index >= 15 is 0 Å². The van der Waals surface area contributed by atoms with Crippen LogP contribution in [0, 0.1) is 0 Å². The number of carbonyl (C=O) groups is 2. The number of anilines is 1. The molecule has 0 heterocycles. The molecule has 0 bridgehead atoms. The van der Waals surface area contributed by atoms with Gasteiger partial charge in [0.1, 0.15) is 6.04 Å². The minimum absolute atomic E-state index is 0.0307. The van der Waals surface area contributed by atoms with Crippen LogP contribution >= 0.6 is 23.2 Å². The zero-order chi connectivity index (χ0) is 16.7. The number of nitrogens with two attached hydrogens (primary N) is 1. The highest BCUT2D eigenvalue weighted by atomic mass is 35.5. The van der Waals surface area contributed by atoms with Crippen molar-refractivity contribution in [3.05, 3.63) is 28.2 Å². The van der Waals surface area contributed by atoms with Crippen LogP contribution in [0.4, 0.5) is 5.69 Å². The van der Waals surface area contributed by atoms with E-state index in [0.29, 0.717) is 29.3 Å². The average molecular weight is 347 g/mol. The van der Waals surface area contributed by atoms with Gasteiger partial charge in [0.15, 0.2) is 5.78 Å². The van der Waals surface area contributed by atoms with E-state index in [0.717, 1.165) is 5.69 Å². The number of hydrogen-bond donors (Lipinski definition) is 2. The van der Waals surface area contributed by atoms with Crippen LogP contribution in [0.1, 0.15) is 26.2 Å². The fourth-order valence-corrected chi connectivity index (χ4v) is 2.20. The highest BCUT2D eigenvalue weighted by Crippen LogP contribution is 2.25. The molecule has 0 unspecified atom stereocenters. The highest BCUT2D eigenvalue weighted by Gasteiger charge is 2.16. The van der Waals surface area contributed by atoms with Crippen LogP contribution in [-0.2, 0) is 14.3 Å². The third kappa shape index (κ3) is 5.83.